The Hall–Kier alpha value is 0.430. The van der Waals surface area contributed by atoms with Crippen molar-refractivity contribution >= 4 is 0 Å². The molecule has 2 atom stereocenters. The quantitative estimate of drug-likeness (QED) is 0.503. The Bertz CT molecular complexity index is 154. The zero-order valence-electron chi connectivity index (χ0n) is 8.18. The van der Waals surface area contributed by atoms with Crippen molar-refractivity contribution in [3.05, 3.63) is 10.2 Å². The molecule has 2 heteroatoms. The van der Waals surface area contributed by atoms with Crippen molar-refractivity contribution in [1.29, 1.82) is 0 Å². The van der Waals surface area contributed by atoms with Gasteiger partial charge in [0.1, 0.15) is 0 Å². The SMILES string of the molecule is C[I-]/C=C\CC1CC1NC(C)C. The summed E-state index contributed by atoms with van der Waals surface area (Å²) in [5, 5.41) is 3.57. The van der Waals surface area contributed by atoms with Crippen molar-refractivity contribution in [2.24, 2.45) is 5.92 Å². The van der Waals surface area contributed by atoms with Crippen molar-refractivity contribution in [3.63, 3.8) is 0 Å². The Morgan fingerprint density at radius 3 is 2.92 bits per heavy atom. The third-order valence-electron chi connectivity index (χ3n) is 2.12. The maximum atomic E-state index is 3.57. The summed E-state index contributed by atoms with van der Waals surface area (Å²) < 4.78 is 2.38. The van der Waals surface area contributed by atoms with Crippen molar-refractivity contribution in [1.82, 2.24) is 5.32 Å². The minimum atomic E-state index is 0.370. The standard InChI is InChI=1S/C10H19IN/c1-8(2)12-10-7-9(10)5-4-6-11-3/h4,6,8-10,12H,5,7H2,1-3H3/q-1/b6-4-. The summed E-state index contributed by atoms with van der Waals surface area (Å²) >= 11 is 0.370. The van der Waals surface area contributed by atoms with Gasteiger partial charge >= 0.3 is 86.3 Å². The van der Waals surface area contributed by atoms with Crippen LogP contribution in [0.3, 0.4) is 0 Å². The summed E-state index contributed by atoms with van der Waals surface area (Å²) in [4.78, 5) is 2.30. The van der Waals surface area contributed by atoms with Gasteiger partial charge in [0.2, 0.25) is 0 Å². The van der Waals surface area contributed by atoms with Crippen LogP contribution in [0.5, 0.6) is 0 Å². The summed E-state index contributed by atoms with van der Waals surface area (Å²) in [6.07, 6.45) is 5.07. The van der Waals surface area contributed by atoms with Crippen molar-refractivity contribution in [2.45, 2.75) is 38.8 Å². The fraction of sp³-hybridized carbons (Fsp3) is 0.800. The average Bonchev–Trinajstić information content (AvgIpc) is 2.67. The predicted octanol–water partition coefficient (Wildman–Crippen LogP) is -1.00. The fourth-order valence-electron chi connectivity index (χ4n) is 1.46. The van der Waals surface area contributed by atoms with Crippen LogP contribution in [-0.4, -0.2) is 17.0 Å². The van der Waals surface area contributed by atoms with E-state index in [2.05, 4.69) is 34.3 Å². The number of nitrogens with one attached hydrogen (secondary N) is 1. The molecule has 1 fully saturated rings. The van der Waals surface area contributed by atoms with E-state index in [1.54, 1.807) is 0 Å². The summed E-state index contributed by atoms with van der Waals surface area (Å²) in [7, 11) is 0. The van der Waals surface area contributed by atoms with Crippen LogP contribution in [-0.2, 0) is 0 Å². The van der Waals surface area contributed by atoms with Crippen LogP contribution in [0.4, 0.5) is 0 Å². The first-order chi connectivity index (χ1) is 5.74. The molecule has 0 radical (unpaired) electrons. The molecule has 2 unspecified atom stereocenters. The summed E-state index contributed by atoms with van der Waals surface area (Å²) in [6, 6.07) is 1.48. The molecular formula is C10H19IN-. The first-order valence-electron chi connectivity index (χ1n) is 4.63. The summed E-state index contributed by atoms with van der Waals surface area (Å²) in [5.74, 6) is 0.944. The zero-order chi connectivity index (χ0) is 8.97. The fourth-order valence-corrected chi connectivity index (χ4v) is 2.26. The second kappa shape index (κ2) is 5.22. The van der Waals surface area contributed by atoms with Crippen LogP contribution in [0.1, 0.15) is 26.7 Å². The molecular weight excluding hydrogens is 261 g/mol. The van der Waals surface area contributed by atoms with Crippen LogP contribution in [0.15, 0.2) is 10.2 Å². The molecule has 0 spiro atoms. The van der Waals surface area contributed by atoms with Gasteiger partial charge in [0.15, 0.2) is 0 Å². The van der Waals surface area contributed by atoms with E-state index < -0.39 is 0 Å². The molecule has 1 nitrogen and oxygen atoms in total. The number of allylic oxidation sites excluding steroid dienone is 1. The molecule has 0 bridgehead atoms. The van der Waals surface area contributed by atoms with E-state index in [9.17, 15) is 0 Å². The first-order valence-corrected chi connectivity index (χ1v) is 8.03. The molecule has 0 aliphatic heterocycles. The third kappa shape index (κ3) is 3.90. The van der Waals surface area contributed by atoms with Crippen LogP contribution in [0, 0.1) is 5.92 Å². The number of hydrogen-bond donors (Lipinski definition) is 1. The molecule has 0 aromatic heterocycles. The number of hydrogen-bond acceptors (Lipinski definition) is 1. The van der Waals surface area contributed by atoms with Gasteiger partial charge < -0.3 is 0 Å². The van der Waals surface area contributed by atoms with Crippen molar-refractivity contribution in [2.75, 3.05) is 4.93 Å². The summed E-state index contributed by atoms with van der Waals surface area (Å²) in [5.41, 5.74) is 0. The van der Waals surface area contributed by atoms with E-state index in [1.165, 1.54) is 12.8 Å². The van der Waals surface area contributed by atoms with E-state index in [1.807, 2.05) is 0 Å². The third-order valence-corrected chi connectivity index (χ3v) is 3.35. The van der Waals surface area contributed by atoms with Gasteiger partial charge in [-0.15, -0.1) is 0 Å². The molecule has 1 rings (SSSR count). The van der Waals surface area contributed by atoms with E-state index in [0.717, 1.165) is 12.0 Å². The Balaban J connectivity index is 2.04. The van der Waals surface area contributed by atoms with E-state index in [0.29, 0.717) is 27.2 Å². The Morgan fingerprint density at radius 1 is 1.58 bits per heavy atom. The normalized spacial score (nSPS) is 29.0. The van der Waals surface area contributed by atoms with Crippen molar-refractivity contribution in [3.8, 4) is 0 Å². The molecule has 12 heavy (non-hydrogen) atoms. The Kier molecular flexibility index (Phi) is 4.57. The van der Waals surface area contributed by atoms with Gasteiger partial charge in [0, 0.05) is 0 Å². The maximum absolute atomic E-state index is 3.57. The van der Waals surface area contributed by atoms with Gasteiger partial charge in [-0.25, -0.2) is 0 Å². The van der Waals surface area contributed by atoms with Crippen LogP contribution in [0.2, 0.25) is 0 Å². The first kappa shape index (κ1) is 10.5. The molecule has 0 saturated heterocycles. The zero-order valence-corrected chi connectivity index (χ0v) is 10.3. The van der Waals surface area contributed by atoms with E-state index in [4.69, 9.17) is 0 Å². The average molecular weight is 280 g/mol. The van der Waals surface area contributed by atoms with Crippen molar-refractivity contribution < 1.29 is 21.2 Å². The van der Waals surface area contributed by atoms with Crippen LogP contribution in [0.25, 0.3) is 0 Å². The molecule has 0 aromatic rings. The molecule has 0 aromatic carbocycles. The Labute approximate surface area is 86.3 Å². The van der Waals surface area contributed by atoms with Crippen LogP contribution >= 0.6 is 0 Å². The van der Waals surface area contributed by atoms with E-state index >= 15 is 0 Å². The van der Waals surface area contributed by atoms with Gasteiger partial charge in [-0.3, -0.25) is 0 Å². The van der Waals surface area contributed by atoms with Gasteiger partial charge in [-0.2, -0.15) is 0 Å². The molecule has 0 heterocycles. The van der Waals surface area contributed by atoms with E-state index in [-0.39, 0.29) is 0 Å². The molecule has 0 amide bonds. The Morgan fingerprint density at radius 2 is 2.33 bits per heavy atom. The number of halogens is 1. The summed E-state index contributed by atoms with van der Waals surface area (Å²) in [6.45, 7) is 4.45. The molecule has 1 aliphatic carbocycles. The topological polar surface area (TPSA) is 12.0 Å². The number of rotatable bonds is 5. The molecule has 1 N–H and O–H groups in total. The predicted molar refractivity (Wildman–Crippen MR) is 49.8 cm³/mol. The van der Waals surface area contributed by atoms with Gasteiger partial charge in [-0.1, -0.05) is 0 Å². The minimum absolute atomic E-state index is 0.370. The van der Waals surface area contributed by atoms with Gasteiger partial charge in [0.25, 0.3) is 0 Å². The second-order valence-corrected chi connectivity index (χ2v) is 5.70. The van der Waals surface area contributed by atoms with Gasteiger partial charge in [0.05, 0.1) is 0 Å². The molecule has 1 aliphatic rings. The molecule has 72 valence electrons. The molecule has 1 saturated carbocycles. The monoisotopic (exact) mass is 280 g/mol. The van der Waals surface area contributed by atoms with Crippen LogP contribution < -0.4 is 26.5 Å². The number of alkyl halides is 1. The second-order valence-electron chi connectivity index (χ2n) is 3.74. The van der Waals surface area contributed by atoms with Gasteiger partial charge in [-0.05, 0) is 0 Å².